The van der Waals surface area contributed by atoms with Crippen LogP contribution in [0.4, 0.5) is 5.69 Å². The second kappa shape index (κ2) is 5.23. The standard InChI is InChI=1S/C14H19N3O/c1-3-7-17-8-6-11-4-5-12(9-13(11)17)16-14(18)10(2)15/h4-6,8-10H,3,7,15H2,1-2H3,(H,16,18)/t10-/m1/s1. The molecule has 18 heavy (non-hydrogen) atoms. The van der Waals surface area contributed by atoms with Gasteiger partial charge in [-0.05, 0) is 36.9 Å². The van der Waals surface area contributed by atoms with Gasteiger partial charge in [0.15, 0.2) is 0 Å². The highest BCUT2D eigenvalue weighted by molar-refractivity contribution is 5.96. The summed E-state index contributed by atoms with van der Waals surface area (Å²) in [6.45, 7) is 4.80. The molecule has 0 saturated carbocycles. The monoisotopic (exact) mass is 245 g/mol. The van der Waals surface area contributed by atoms with Crippen LogP contribution in [0, 0.1) is 0 Å². The molecule has 0 aliphatic carbocycles. The lowest BCUT2D eigenvalue weighted by Gasteiger charge is -2.09. The molecule has 2 aromatic rings. The topological polar surface area (TPSA) is 60.0 Å². The summed E-state index contributed by atoms with van der Waals surface area (Å²) >= 11 is 0. The summed E-state index contributed by atoms with van der Waals surface area (Å²) in [5.41, 5.74) is 7.47. The summed E-state index contributed by atoms with van der Waals surface area (Å²) in [4.78, 5) is 11.6. The van der Waals surface area contributed by atoms with E-state index >= 15 is 0 Å². The fourth-order valence-electron chi connectivity index (χ4n) is 1.95. The molecule has 0 spiro atoms. The maximum absolute atomic E-state index is 11.6. The molecule has 0 bridgehead atoms. The number of nitrogens with zero attached hydrogens (tertiary/aromatic N) is 1. The molecular formula is C14H19N3O. The molecule has 0 fully saturated rings. The van der Waals surface area contributed by atoms with E-state index in [1.165, 1.54) is 5.39 Å². The number of benzene rings is 1. The molecule has 0 aliphatic rings. The Morgan fingerprint density at radius 3 is 2.89 bits per heavy atom. The summed E-state index contributed by atoms with van der Waals surface area (Å²) < 4.78 is 2.19. The molecule has 1 aromatic carbocycles. The lowest BCUT2D eigenvalue weighted by Crippen LogP contribution is -2.32. The zero-order chi connectivity index (χ0) is 13.1. The van der Waals surface area contributed by atoms with E-state index < -0.39 is 6.04 Å². The van der Waals surface area contributed by atoms with Crippen LogP contribution in [0.1, 0.15) is 20.3 Å². The molecule has 1 heterocycles. The quantitative estimate of drug-likeness (QED) is 0.868. The van der Waals surface area contributed by atoms with Crippen LogP contribution in [0.2, 0.25) is 0 Å². The van der Waals surface area contributed by atoms with Crippen LogP contribution in [-0.2, 0) is 11.3 Å². The molecule has 4 heteroatoms. The van der Waals surface area contributed by atoms with Crippen molar-refractivity contribution >= 4 is 22.5 Å². The van der Waals surface area contributed by atoms with Crippen LogP contribution in [-0.4, -0.2) is 16.5 Å². The van der Waals surface area contributed by atoms with Gasteiger partial charge in [0.1, 0.15) is 0 Å². The van der Waals surface area contributed by atoms with Gasteiger partial charge < -0.3 is 15.6 Å². The van der Waals surface area contributed by atoms with Crippen molar-refractivity contribution in [3.8, 4) is 0 Å². The maximum Gasteiger partial charge on any atom is 0.240 e. The summed E-state index contributed by atoms with van der Waals surface area (Å²) in [7, 11) is 0. The molecule has 1 aromatic heterocycles. The Bertz CT molecular complexity index is 557. The van der Waals surface area contributed by atoms with E-state index in [0.717, 1.165) is 24.2 Å². The highest BCUT2D eigenvalue weighted by Gasteiger charge is 2.08. The van der Waals surface area contributed by atoms with Gasteiger partial charge in [-0.1, -0.05) is 13.0 Å². The number of aromatic nitrogens is 1. The van der Waals surface area contributed by atoms with Crippen molar-refractivity contribution in [1.82, 2.24) is 4.57 Å². The molecule has 0 aliphatic heterocycles. The third kappa shape index (κ3) is 2.54. The van der Waals surface area contributed by atoms with E-state index in [1.54, 1.807) is 6.92 Å². The molecule has 0 unspecified atom stereocenters. The van der Waals surface area contributed by atoms with Crippen LogP contribution >= 0.6 is 0 Å². The van der Waals surface area contributed by atoms with Crippen molar-refractivity contribution in [2.45, 2.75) is 32.9 Å². The Kier molecular flexibility index (Phi) is 3.67. The Balaban J connectivity index is 2.30. The summed E-state index contributed by atoms with van der Waals surface area (Å²) in [6, 6.07) is 7.49. The molecule has 0 saturated heterocycles. The lowest BCUT2D eigenvalue weighted by molar-refractivity contribution is -0.117. The average molecular weight is 245 g/mol. The number of carbonyl (C=O) groups excluding carboxylic acids is 1. The summed E-state index contributed by atoms with van der Waals surface area (Å²) in [6.07, 6.45) is 3.16. The molecule has 1 amide bonds. The minimum atomic E-state index is -0.497. The Morgan fingerprint density at radius 1 is 1.44 bits per heavy atom. The number of anilines is 1. The number of carbonyl (C=O) groups is 1. The number of rotatable bonds is 4. The first kappa shape index (κ1) is 12.6. The number of nitrogens with two attached hydrogens (primary N) is 1. The van der Waals surface area contributed by atoms with Crippen LogP contribution in [0.25, 0.3) is 10.9 Å². The van der Waals surface area contributed by atoms with Crippen molar-refractivity contribution < 1.29 is 4.79 Å². The van der Waals surface area contributed by atoms with E-state index in [2.05, 4.69) is 29.1 Å². The highest BCUT2D eigenvalue weighted by atomic mass is 16.2. The first-order valence-electron chi connectivity index (χ1n) is 6.27. The van der Waals surface area contributed by atoms with Gasteiger partial charge in [-0.2, -0.15) is 0 Å². The molecule has 1 atom stereocenters. The first-order chi connectivity index (χ1) is 8.61. The zero-order valence-corrected chi connectivity index (χ0v) is 10.8. The number of amides is 1. The van der Waals surface area contributed by atoms with Crippen LogP contribution in [0.5, 0.6) is 0 Å². The Morgan fingerprint density at radius 2 is 2.22 bits per heavy atom. The second-order valence-corrected chi connectivity index (χ2v) is 4.56. The smallest absolute Gasteiger partial charge is 0.240 e. The SMILES string of the molecule is CCCn1ccc2ccc(NC(=O)[C@@H](C)N)cc21. The number of nitrogens with one attached hydrogen (secondary N) is 1. The number of aryl methyl sites for hydroxylation is 1. The minimum Gasteiger partial charge on any atom is -0.347 e. The van der Waals surface area contributed by atoms with Crippen molar-refractivity contribution in [2.24, 2.45) is 5.73 Å². The van der Waals surface area contributed by atoms with Gasteiger partial charge in [0, 0.05) is 18.4 Å². The van der Waals surface area contributed by atoms with Gasteiger partial charge in [0.25, 0.3) is 0 Å². The fourth-order valence-corrected chi connectivity index (χ4v) is 1.95. The third-order valence-electron chi connectivity index (χ3n) is 2.92. The molecule has 3 N–H and O–H groups in total. The predicted octanol–water partition coefficient (Wildman–Crippen LogP) is 2.34. The fraction of sp³-hybridized carbons (Fsp3) is 0.357. The van der Waals surface area contributed by atoms with Crippen molar-refractivity contribution in [2.75, 3.05) is 5.32 Å². The highest BCUT2D eigenvalue weighted by Crippen LogP contribution is 2.21. The molecule has 4 nitrogen and oxygen atoms in total. The van der Waals surface area contributed by atoms with Crippen LogP contribution < -0.4 is 11.1 Å². The lowest BCUT2D eigenvalue weighted by atomic mass is 10.2. The molecular weight excluding hydrogens is 226 g/mol. The van der Waals surface area contributed by atoms with Crippen molar-refractivity contribution in [1.29, 1.82) is 0 Å². The number of hydrogen-bond donors (Lipinski definition) is 2. The number of fused-ring (bicyclic) bond motifs is 1. The summed E-state index contributed by atoms with van der Waals surface area (Å²) in [5, 5.41) is 4.00. The van der Waals surface area contributed by atoms with Gasteiger partial charge in [-0.15, -0.1) is 0 Å². The van der Waals surface area contributed by atoms with Gasteiger partial charge in [0.05, 0.1) is 11.6 Å². The van der Waals surface area contributed by atoms with E-state index in [1.807, 2.05) is 18.2 Å². The van der Waals surface area contributed by atoms with Crippen LogP contribution in [0.3, 0.4) is 0 Å². The van der Waals surface area contributed by atoms with E-state index in [4.69, 9.17) is 5.73 Å². The van der Waals surface area contributed by atoms with E-state index in [0.29, 0.717) is 0 Å². The molecule has 96 valence electrons. The largest absolute Gasteiger partial charge is 0.347 e. The van der Waals surface area contributed by atoms with Crippen LogP contribution in [0.15, 0.2) is 30.5 Å². The second-order valence-electron chi connectivity index (χ2n) is 4.56. The van der Waals surface area contributed by atoms with Gasteiger partial charge >= 0.3 is 0 Å². The Hall–Kier alpha value is -1.81. The average Bonchev–Trinajstić information content (AvgIpc) is 2.72. The first-order valence-corrected chi connectivity index (χ1v) is 6.27. The minimum absolute atomic E-state index is 0.164. The van der Waals surface area contributed by atoms with E-state index in [9.17, 15) is 4.79 Å². The van der Waals surface area contributed by atoms with Gasteiger partial charge in [0.2, 0.25) is 5.91 Å². The van der Waals surface area contributed by atoms with Crippen molar-refractivity contribution in [3.63, 3.8) is 0 Å². The zero-order valence-electron chi connectivity index (χ0n) is 10.8. The molecule has 0 radical (unpaired) electrons. The van der Waals surface area contributed by atoms with Gasteiger partial charge in [-0.25, -0.2) is 0 Å². The van der Waals surface area contributed by atoms with E-state index in [-0.39, 0.29) is 5.91 Å². The Labute approximate surface area is 107 Å². The normalized spacial score (nSPS) is 12.6. The summed E-state index contributed by atoms with van der Waals surface area (Å²) in [5.74, 6) is -0.164. The van der Waals surface area contributed by atoms with Crippen molar-refractivity contribution in [3.05, 3.63) is 30.5 Å². The molecule has 2 rings (SSSR count). The third-order valence-corrected chi connectivity index (χ3v) is 2.92. The predicted molar refractivity (Wildman–Crippen MR) is 74.5 cm³/mol. The van der Waals surface area contributed by atoms with Gasteiger partial charge in [-0.3, -0.25) is 4.79 Å². The number of hydrogen-bond acceptors (Lipinski definition) is 2. The maximum atomic E-state index is 11.6.